The lowest BCUT2D eigenvalue weighted by Gasteiger charge is -2.10. The summed E-state index contributed by atoms with van der Waals surface area (Å²) in [6, 6.07) is 17.0. The van der Waals surface area contributed by atoms with Crippen molar-refractivity contribution >= 4 is 19.7 Å². The van der Waals surface area contributed by atoms with Crippen LogP contribution in [0.1, 0.15) is 5.56 Å². The molecule has 0 aliphatic carbocycles. The van der Waals surface area contributed by atoms with E-state index < -0.39 is 30.3 Å². The summed E-state index contributed by atoms with van der Waals surface area (Å²) in [7, 11) is -7.97. The third-order valence-electron chi connectivity index (χ3n) is 3.92. The van der Waals surface area contributed by atoms with E-state index in [2.05, 4.69) is 0 Å². The number of aromatic hydroxyl groups is 1. The van der Waals surface area contributed by atoms with Gasteiger partial charge in [-0.3, -0.25) is 0 Å². The minimum absolute atomic E-state index is 0.0276. The molecule has 134 valence electrons. The topological polar surface area (TPSA) is 88.5 Å². The zero-order chi connectivity index (χ0) is 18.9. The van der Waals surface area contributed by atoms with Crippen LogP contribution >= 0.6 is 0 Å². The number of sulfone groups is 2. The van der Waals surface area contributed by atoms with Crippen LogP contribution in [-0.2, 0) is 19.7 Å². The highest BCUT2D eigenvalue weighted by Crippen LogP contribution is 2.32. The number of rotatable bonds is 4. The fourth-order valence-electron chi connectivity index (χ4n) is 2.46. The van der Waals surface area contributed by atoms with Crippen LogP contribution in [0, 0.1) is 6.92 Å². The first-order valence-corrected chi connectivity index (χ1v) is 10.6. The van der Waals surface area contributed by atoms with Crippen LogP contribution in [0.5, 0.6) is 5.75 Å². The second-order valence-corrected chi connectivity index (χ2v) is 9.63. The predicted octanol–water partition coefficient (Wildman–Crippen LogP) is 3.37. The Labute approximate surface area is 152 Å². The van der Waals surface area contributed by atoms with E-state index >= 15 is 0 Å². The fraction of sp³-hybridized carbons (Fsp3) is 0.0526. The number of benzene rings is 3. The van der Waals surface area contributed by atoms with E-state index in [1.807, 2.05) is 6.92 Å². The Balaban J connectivity index is 2.16. The molecular formula is C19H16O5S2. The molecule has 0 unspecified atom stereocenters. The Morgan fingerprint density at radius 2 is 1.19 bits per heavy atom. The molecule has 0 saturated heterocycles. The second-order valence-electron chi connectivity index (χ2n) is 5.76. The molecule has 3 aromatic rings. The molecule has 0 fully saturated rings. The van der Waals surface area contributed by atoms with Crippen LogP contribution in [0.25, 0.3) is 0 Å². The normalized spacial score (nSPS) is 12.0. The Morgan fingerprint density at radius 1 is 0.654 bits per heavy atom. The SMILES string of the molecule is Cc1ccc(S(=O)(=O)c2ccc(O)c(S(=O)(=O)c3ccccc3)c2)cc1. The van der Waals surface area contributed by atoms with E-state index in [0.717, 1.165) is 17.7 Å². The molecule has 5 nitrogen and oxygen atoms in total. The van der Waals surface area contributed by atoms with Crippen molar-refractivity contribution < 1.29 is 21.9 Å². The summed E-state index contributed by atoms with van der Waals surface area (Å²) < 4.78 is 51.1. The van der Waals surface area contributed by atoms with Crippen LogP contribution in [0.3, 0.4) is 0 Å². The van der Waals surface area contributed by atoms with Gasteiger partial charge in [0.25, 0.3) is 0 Å². The van der Waals surface area contributed by atoms with Crippen LogP contribution < -0.4 is 0 Å². The molecule has 0 radical (unpaired) electrons. The first-order chi connectivity index (χ1) is 12.2. The highest BCUT2D eigenvalue weighted by Gasteiger charge is 2.25. The maximum absolute atomic E-state index is 12.8. The molecule has 0 aromatic heterocycles. The molecule has 7 heteroatoms. The summed E-state index contributed by atoms with van der Waals surface area (Å²) in [5.74, 6) is -0.503. The third kappa shape index (κ3) is 3.23. The van der Waals surface area contributed by atoms with Gasteiger partial charge in [0.2, 0.25) is 19.7 Å². The van der Waals surface area contributed by atoms with Crippen molar-refractivity contribution in [3.05, 3.63) is 78.4 Å². The van der Waals surface area contributed by atoms with E-state index in [4.69, 9.17) is 0 Å². The van der Waals surface area contributed by atoms with E-state index in [1.165, 1.54) is 30.3 Å². The Morgan fingerprint density at radius 3 is 1.81 bits per heavy atom. The minimum atomic E-state index is -4.06. The molecule has 26 heavy (non-hydrogen) atoms. The Hall–Kier alpha value is -2.64. The smallest absolute Gasteiger partial charge is 0.210 e. The molecule has 0 amide bonds. The summed E-state index contributed by atoms with van der Waals surface area (Å²) in [6.45, 7) is 1.83. The maximum Gasteiger partial charge on any atom is 0.210 e. The summed E-state index contributed by atoms with van der Waals surface area (Å²) in [6.07, 6.45) is 0. The lowest BCUT2D eigenvalue weighted by atomic mass is 10.2. The predicted molar refractivity (Wildman–Crippen MR) is 96.6 cm³/mol. The minimum Gasteiger partial charge on any atom is -0.507 e. The summed E-state index contributed by atoms with van der Waals surface area (Å²) >= 11 is 0. The average Bonchev–Trinajstić information content (AvgIpc) is 2.63. The van der Waals surface area contributed by atoms with E-state index in [0.29, 0.717) is 0 Å². The highest BCUT2D eigenvalue weighted by atomic mass is 32.2. The first-order valence-electron chi connectivity index (χ1n) is 7.68. The van der Waals surface area contributed by atoms with Crippen molar-refractivity contribution in [2.24, 2.45) is 0 Å². The highest BCUT2D eigenvalue weighted by molar-refractivity contribution is 7.92. The largest absolute Gasteiger partial charge is 0.507 e. The van der Waals surface area contributed by atoms with Gasteiger partial charge in [0, 0.05) is 0 Å². The maximum atomic E-state index is 12.8. The van der Waals surface area contributed by atoms with Crippen LogP contribution in [0.2, 0.25) is 0 Å². The van der Waals surface area contributed by atoms with Gasteiger partial charge >= 0.3 is 0 Å². The number of phenolic OH excluding ortho intramolecular Hbond substituents is 1. The summed E-state index contributed by atoms with van der Waals surface area (Å²) in [4.78, 5) is -0.623. The summed E-state index contributed by atoms with van der Waals surface area (Å²) in [5, 5.41) is 10.0. The van der Waals surface area contributed by atoms with Crippen LogP contribution in [0.15, 0.2) is 92.4 Å². The molecule has 0 spiro atoms. The van der Waals surface area contributed by atoms with Crippen molar-refractivity contribution in [1.82, 2.24) is 0 Å². The average molecular weight is 388 g/mol. The monoisotopic (exact) mass is 388 g/mol. The molecule has 3 aromatic carbocycles. The zero-order valence-electron chi connectivity index (χ0n) is 13.8. The quantitative estimate of drug-likeness (QED) is 0.740. The van der Waals surface area contributed by atoms with Gasteiger partial charge < -0.3 is 5.11 Å². The second kappa shape index (κ2) is 6.59. The van der Waals surface area contributed by atoms with Crippen molar-refractivity contribution in [3.63, 3.8) is 0 Å². The molecule has 0 aliphatic rings. The molecular weight excluding hydrogens is 372 g/mol. The first kappa shape index (κ1) is 18.2. The van der Waals surface area contributed by atoms with Crippen LogP contribution in [-0.4, -0.2) is 21.9 Å². The zero-order valence-corrected chi connectivity index (χ0v) is 15.5. The molecule has 0 atom stereocenters. The van der Waals surface area contributed by atoms with Crippen molar-refractivity contribution in [1.29, 1.82) is 0 Å². The number of aryl methyl sites for hydroxylation is 1. The molecule has 1 N–H and O–H groups in total. The third-order valence-corrected chi connectivity index (χ3v) is 7.48. The van der Waals surface area contributed by atoms with E-state index in [1.54, 1.807) is 30.3 Å². The molecule has 0 bridgehead atoms. The fourth-order valence-corrected chi connectivity index (χ4v) is 5.21. The van der Waals surface area contributed by atoms with Crippen LogP contribution in [0.4, 0.5) is 0 Å². The number of hydrogen-bond acceptors (Lipinski definition) is 5. The number of hydrogen-bond donors (Lipinski definition) is 1. The summed E-state index contributed by atoms with van der Waals surface area (Å²) in [5.41, 5.74) is 0.905. The molecule has 0 heterocycles. The van der Waals surface area contributed by atoms with Crippen molar-refractivity contribution in [3.8, 4) is 5.75 Å². The van der Waals surface area contributed by atoms with Gasteiger partial charge in [0.1, 0.15) is 10.6 Å². The molecule has 0 aliphatic heterocycles. The van der Waals surface area contributed by atoms with E-state index in [9.17, 15) is 21.9 Å². The molecule has 0 saturated carbocycles. The van der Waals surface area contributed by atoms with Gasteiger partial charge in [-0.05, 0) is 49.4 Å². The Bertz CT molecular complexity index is 1150. The Kier molecular flexibility index (Phi) is 4.60. The van der Waals surface area contributed by atoms with Gasteiger partial charge in [-0.25, -0.2) is 16.8 Å². The number of phenols is 1. The standard InChI is InChI=1S/C19H16O5S2/c1-14-7-9-16(10-8-14)25(21,22)17-11-12-18(20)19(13-17)26(23,24)15-5-3-2-4-6-15/h2-13,20H,1H3. The lowest BCUT2D eigenvalue weighted by Crippen LogP contribution is -2.06. The van der Waals surface area contributed by atoms with Gasteiger partial charge in [-0.1, -0.05) is 35.9 Å². The lowest BCUT2D eigenvalue weighted by molar-refractivity contribution is 0.458. The van der Waals surface area contributed by atoms with Crippen molar-refractivity contribution in [2.75, 3.05) is 0 Å². The van der Waals surface area contributed by atoms with Gasteiger partial charge in [-0.15, -0.1) is 0 Å². The van der Waals surface area contributed by atoms with Gasteiger partial charge in [0.05, 0.1) is 14.7 Å². The van der Waals surface area contributed by atoms with Gasteiger partial charge in [0.15, 0.2) is 0 Å². The van der Waals surface area contributed by atoms with E-state index in [-0.39, 0.29) is 14.7 Å². The van der Waals surface area contributed by atoms with Gasteiger partial charge in [-0.2, -0.15) is 0 Å². The van der Waals surface area contributed by atoms with Crippen molar-refractivity contribution in [2.45, 2.75) is 26.5 Å². The molecule has 3 rings (SSSR count).